The van der Waals surface area contributed by atoms with Crippen molar-refractivity contribution in [1.29, 1.82) is 0 Å². The zero-order valence-electron chi connectivity index (χ0n) is 13.6. The van der Waals surface area contributed by atoms with Gasteiger partial charge in [0, 0.05) is 28.6 Å². The number of nitro groups is 1. The number of aryl methyl sites for hydroxylation is 1. The van der Waals surface area contributed by atoms with Gasteiger partial charge >= 0.3 is 5.69 Å². The summed E-state index contributed by atoms with van der Waals surface area (Å²) < 4.78 is 0. The van der Waals surface area contributed by atoms with Gasteiger partial charge in [-0.25, -0.2) is 0 Å². The molecule has 0 spiro atoms. The van der Waals surface area contributed by atoms with Gasteiger partial charge in [-0.3, -0.25) is 19.9 Å². The molecule has 0 saturated heterocycles. The van der Waals surface area contributed by atoms with Crippen LogP contribution < -0.4 is 5.32 Å². The van der Waals surface area contributed by atoms with Gasteiger partial charge < -0.3 is 10.4 Å². The molecule has 0 heterocycles. The Bertz CT molecular complexity index is 865. The number of carbonyl (C=O) groups is 1. The van der Waals surface area contributed by atoms with Crippen molar-refractivity contribution in [2.24, 2.45) is 4.99 Å². The lowest BCUT2D eigenvalue weighted by Gasteiger charge is -2.09. The van der Waals surface area contributed by atoms with Crippen LogP contribution in [0.3, 0.4) is 0 Å². The Hall–Kier alpha value is -2.93. The van der Waals surface area contributed by atoms with E-state index in [9.17, 15) is 20.0 Å². The molecule has 0 aliphatic rings. The molecule has 0 atom stereocenters. The Morgan fingerprint density at radius 2 is 2.12 bits per heavy atom. The summed E-state index contributed by atoms with van der Waals surface area (Å²) in [5.41, 5.74) is 2.26. The maximum absolute atomic E-state index is 12.0. The Balaban J connectivity index is 2.09. The Kier molecular flexibility index (Phi) is 5.71. The summed E-state index contributed by atoms with van der Waals surface area (Å²) in [7, 11) is 0. The second-order valence-electron chi connectivity index (χ2n) is 5.39. The summed E-state index contributed by atoms with van der Waals surface area (Å²) in [6.45, 7) is 3.64. The molecule has 0 radical (unpaired) electrons. The molecule has 0 aliphatic carbocycles. The van der Waals surface area contributed by atoms with E-state index in [1.54, 1.807) is 6.07 Å². The molecule has 0 bridgehead atoms. The van der Waals surface area contributed by atoms with Crippen molar-refractivity contribution < 1.29 is 14.8 Å². The van der Waals surface area contributed by atoms with Crippen molar-refractivity contribution in [3.63, 3.8) is 0 Å². The summed E-state index contributed by atoms with van der Waals surface area (Å²) in [6, 6.07) is 7.94. The van der Waals surface area contributed by atoms with Crippen molar-refractivity contribution in [3.05, 3.63) is 62.2 Å². The van der Waals surface area contributed by atoms with Crippen LogP contribution in [0.1, 0.15) is 16.7 Å². The lowest BCUT2D eigenvalue weighted by molar-refractivity contribution is -0.385. The van der Waals surface area contributed by atoms with Gasteiger partial charge in [-0.15, -0.1) is 0 Å². The van der Waals surface area contributed by atoms with E-state index in [-0.39, 0.29) is 23.0 Å². The van der Waals surface area contributed by atoms with Crippen molar-refractivity contribution in [3.8, 4) is 5.75 Å². The number of amides is 1. The molecule has 2 N–H and O–H groups in total. The van der Waals surface area contributed by atoms with Crippen molar-refractivity contribution in [2.75, 3.05) is 11.9 Å². The Morgan fingerprint density at radius 3 is 2.80 bits per heavy atom. The second kappa shape index (κ2) is 7.76. The molecule has 2 aromatic carbocycles. The van der Waals surface area contributed by atoms with E-state index in [4.69, 9.17) is 11.6 Å². The van der Waals surface area contributed by atoms with Crippen LogP contribution in [-0.4, -0.2) is 28.7 Å². The maximum Gasteiger partial charge on any atom is 0.312 e. The number of anilines is 1. The third-order valence-electron chi connectivity index (χ3n) is 3.62. The molecule has 0 aliphatic heterocycles. The SMILES string of the molecule is Cc1cccc(NC(=O)CN=Cc2cc(Cl)cc([N+](=O)[O-])c2O)c1C. The minimum Gasteiger partial charge on any atom is -0.502 e. The van der Waals surface area contributed by atoms with E-state index in [0.717, 1.165) is 17.2 Å². The molecular weight excluding hydrogens is 346 g/mol. The highest BCUT2D eigenvalue weighted by atomic mass is 35.5. The molecule has 2 aromatic rings. The standard InChI is InChI=1S/C17H16ClN3O4/c1-10-4-3-5-14(11(10)2)20-16(22)9-19-8-12-6-13(18)7-15(17(12)23)21(24)25/h3-8,23H,9H2,1-2H3,(H,20,22). The van der Waals surface area contributed by atoms with Gasteiger partial charge in [0.1, 0.15) is 6.54 Å². The molecular formula is C17H16ClN3O4. The van der Waals surface area contributed by atoms with E-state index in [1.807, 2.05) is 26.0 Å². The number of aliphatic imine (C=N–C) groups is 1. The summed E-state index contributed by atoms with van der Waals surface area (Å²) in [6.07, 6.45) is 1.18. The predicted octanol–water partition coefficient (Wildman–Crippen LogP) is 3.63. The van der Waals surface area contributed by atoms with Crippen LogP contribution >= 0.6 is 11.6 Å². The number of phenolic OH excluding ortho intramolecular Hbond substituents is 1. The zero-order chi connectivity index (χ0) is 18.6. The quantitative estimate of drug-likeness (QED) is 0.482. The number of nitro benzene ring substituents is 1. The van der Waals surface area contributed by atoms with Crippen LogP contribution in [0.15, 0.2) is 35.3 Å². The Morgan fingerprint density at radius 1 is 1.40 bits per heavy atom. The lowest BCUT2D eigenvalue weighted by Crippen LogP contribution is -2.15. The molecule has 2 rings (SSSR count). The van der Waals surface area contributed by atoms with Gasteiger partial charge in [-0.2, -0.15) is 0 Å². The average Bonchev–Trinajstić information content (AvgIpc) is 2.54. The third-order valence-corrected chi connectivity index (χ3v) is 3.84. The van der Waals surface area contributed by atoms with Crippen molar-refractivity contribution in [1.82, 2.24) is 0 Å². The second-order valence-corrected chi connectivity index (χ2v) is 5.82. The Labute approximate surface area is 149 Å². The van der Waals surface area contributed by atoms with Crippen LogP contribution in [0.4, 0.5) is 11.4 Å². The number of carbonyl (C=O) groups excluding carboxylic acids is 1. The number of nitrogens with zero attached hydrogens (tertiary/aromatic N) is 2. The predicted molar refractivity (Wildman–Crippen MR) is 96.8 cm³/mol. The third kappa shape index (κ3) is 4.54. The molecule has 0 unspecified atom stereocenters. The molecule has 7 nitrogen and oxygen atoms in total. The van der Waals surface area contributed by atoms with Crippen LogP contribution in [0.2, 0.25) is 5.02 Å². The van der Waals surface area contributed by atoms with Crippen LogP contribution in [0.25, 0.3) is 0 Å². The maximum atomic E-state index is 12.0. The summed E-state index contributed by atoms with van der Waals surface area (Å²) in [5, 5.41) is 23.5. The molecule has 1 amide bonds. The molecule has 8 heteroatoms. The van der Waals surface area contributed by atoms with Crippen LogP contribution in [-0.2, 0) is 4.79 Å². The fourth-order valence-corrected chi connectivity index (χ4v) is 2.37. The summed E-state index contributed by atoms with van der Waals surface area (Å²) in [4.78, 5) is 26.0. The molecule has 130 valence electrons. The fourth-order valence-electron chi connectivity index (χ4n) is 2.15. The van der Waals surface area contributed by atoms with Crippen molar-refractivity contribution in [2.45, 2.75) is 13.8 Å². The monoisotopic (exact) mass is 361 g/mol. The number of halogens is 1. The normalized spacial score (nSPS) is 10.8. The minimum atomic E-state index is -0.744. The number of nitrogens with one attached hydrogen (secondary N) is 1. The molecule has 0 aromatic heterocycles. The summed E-state index contributed by atoms with van der Waals surface area (Å²) >= 11 is 5.79. The van der Waals surface area contributed by atoms with Gasteiger partial charge in [0.05, 0.1) is 4.92 Å². The zero-order valence-corrected chi connectivity index (χ0v) is 14.4. The van der Waals surface area contributed by atoms with Gasteiger partial charge in [-0.1, -0.05) is 23.7 Å². The van der Waals surface area contributed by atoms with Gasteiger partial charge in [0.25, 0.3) is 0 Å². The van der Waals surface area contributed by atoms with Crippen molar-refractivity contribution >= 4 is 35.1 Å². The fraction of sp³-hybridized carbons (Fsp3) is 0.176. The first-order valence-electron chi connectivity index (χ1n) is 7.32. The number of benzene rings is 2. The van der Waals surface area contributed by atoms with E-state index >= 15 is 0 Å². The van der Waals surface area contributed by atoms with Gasteiger partial charge in [0.2, 0.25) is 11.7 Å². The van der Waals surface area contributed by atoms with Crippen LogP contribution in [0.5, 0.6) is 5.75 Å². The topological polar surface area (TPSA) is 105 Å². The number of hydrogen-bond donors (Lipinski definition) is 2. The molecule has 25 heavy (non-hydrogen) atoms. The summed E-state index contributed by atoms with van der Waals surface area (Å²) in [5.74, 6) is -0.894. The molecule has 0 saturated carbocycles. The lowest BCUT2D eigenvalue weighted by atomic mass is 10.1. The average molecular weight is 362 g/mol. The van der Waals surface area contributed by atoms with E-state index in [0.29, 0.717) is 5.69 Å². The van der Waals surface area contributed by atoms with E-state index in [1.165, 1.54) is 12.3 Å². The highest BCUT2D eigenvalue weighted by Gasteiger charge is 2.17. The number of hydrogen-bond acceptors (Lipinski definition) is 5. The first kappa shape index (κ1) is 18.4. The number of rotatable bonds is 5. The first-order valence-corrected chi connectivity index (χ1v) is 7.70. The number of phenols is 1. The smallest absolute Gasteiger partial charge is 0.312 e. The highest BCUT2D eigenvalue weighted by molar-refractivity contribution is 6.31. The van der Waals surface area contributed by atoms with Crippen LogP contribution in [0, 0.1) is 24.0 Å². The van der Waals surface area contributed by atoms with Gasteiger partial charge in [0.15, 0.2) is 0 Å². The first-order chi connectivity index (χ1) is 11.8. The number of aromatic hydroxyl groups is 1. The van der Waals surface area contributed by atoms with E-state index < -0.39 is 16.4 Å². The molecule has 0 fully saturated rings. The largest absolute Gasteiger partial charge is 0.502 e. The minimum absolute atomic E-state index is 0.0683. The highest BCUT2D eigenvalue weighted by Crippen LogP contribution is 2.32. The van der Waals surface area contributed by atoms with Gasteiger partial charge in [-0.05, 0) is 37.1 Å². The van der Waals surface area contributed by atoms with E-state index in [2.05, 4.69) is 10.3 Å².